The van der Waals surface area contributed by atoms with Gasteiger partial charge in [-0.3, -0.25) is 4.79 Å². The molecule has 1 saturated carbocycles. The largest absolute Gasteiger partial charge is 0.385 e. The molecule has 0 aromatic heterocycles. The van der Waals surface area contributed by atoms with Crippen molar-refractivity contribution >= 4 is 5.91 Å². The third kappa shape index (κ3) is 8.21. The average molecular weight is 523 g/mol. The number of rotatable bonds is 13. The lowest BCUT2D eigenvalue weighted by Crippen LogP contribution is -2.49. The topological polar surface area (TPSA) is 61.8 Å². The standard InChI is InChI=1S/C30H48F2N2O3/c1-22-11-13-23(14-12-22)18-24(20-33-2)19-28(35)34-16-7-8-25(21-34)30(36,15-4-5-17-37-3)26-9-6-10-27(31)29(26)32/h6,9-10,22-25,33,36H,4-5,7-8,11-21H2,1-3H3/t22?,23?,24-,25-,30+/m1/s1. The molecule has 0 unspecified atom stereocenters. The summed E-state index contributed by atoms with van der Waals surface area (Å²) < 4.78 is 34.3. The Balaban J connectivity index is 1.70. The summed E-state index contributed by atoms with van der Waals surface area (Å²) in [6.07, 6.45) is 9.64. The van der Waals surface area contributed by atoms with Crippen molar-refractivity contribution in [3.63, 3.8) is 0 Å². The second kappa shape index (κ2) is 14.5. The Morgan fingerprint density at radius 3 is 2.68 bits per heavy atom. The minimum Gasteiger partial charge on any atom is -0.385 e. The summed E-state index contributed by atoms with van der Waals surface area (Å²) in [6, 6.07) is 4.02. The van der Waals surface area contributed by atoms with Gasteiger partial charge in [-0.2, -0.15) is 0 Å². The molecule has 1 aliphatic heterocycles. The van der Waals surface area contributed by atoms with E-state index in [0.717, 1.165) is 37.8 Å². The van der Waals surface area contributed by atoms with E-state index in [0.29, 0.717) is 51.3 Å². The molecule has 1 heterocycles. The zero-order chi connectivity index (χ0) is 26.8. The molecule has 2 aliphatic rings. The van der Waals surface area contributed by atoms with Gasteiger partial charge in [-0.05, 0) is 75.9 Å². The summed E-state index contributed by atoms with van der Waals surface area (Å²) in [7, 11) is 3.56. The lowest BCUT2D eigenvalue weighted by atomic mass is 9.73. The molecule has 1 amide bonds. The molecule has 5 nitrogen and oxygen atoms in total. The number of methoxy groups -OCH3 is 1. The zero-order valence-electron chi connectivity index (χ0n) is 23.1. The average Bonchev–Trinajstić information content (AvgIpc) is 2.89. The number of ether oxygens (including phenoxy) is 1. The predicted molar refractivity (Wildman–Crippen MR) is 143 cm³/mol. The lowest BCUT2D eigenvalue weighted by Gasteiger charge is -2.43. The number of halogens is 2. The normalized spacial score (nSPS) is 25.0. The lowest BCUT2D eigenvalue weighted by molar-refractivity contribution is -0.138. The first-order valence-electron chi connectivity index (χ1n) is 14.4. The molecule has 7 heteroatoms. The van der Waals surface area contributed by atoms with Crippen LogP contribution in [0.2, 0.25) is 0 Å². The van der Waals surface area contributed by atoms with Gasteiger partial charge in [-0.25, -0.2) is 8.78 Å². The molecule has 210 valence electrons. The zero-order valence-corrected chi connectivity index (χ0v) is 23.1. The molecule has 1 saturated heterocycles. The molecule has 37 heavy (non-hydrogen) atoms. The van der Waals surface area contributed by atoms with Crippen LogP contribution in [0.3, 0.4) is 0 Å². The molecule has 0 spiro atoms. The van der Waals surface area contributed by atoms with Gasteiger partial charge in [0.1, 0.15) is 0 Å². The van der Waals surface area contributed by atoms with E-state index in [4.69, 9.17) is 4.74 Å². The molecular formula is C30H48F2N2O3. The van der Waals surface area contributed by atoms with Crippen molar-refractivity contribution in [2.75, 3.05) is 40.4 Å². The maximum absolute atomic E-state index is 14.9. The third-order valence-corrected chi connectivity index (χ3v) is 8.78. The van der Waals surface area contributed by atoms with Crippen molar-refractivity contribution < 1.29 is 23.4 Å². The molecule has 3 atom stereocenters. The number of aliphatic hydroxyl groups is 1. The first kappa shape index (κ1) is 30.0. The van der Waals surface area contributed by atoms with Gasteiger partial charge in [0.25, 0.3) is 0 Å². The van der Waals surface area contributed by atoms with Gasteiger partial charge in [-0.15, -0.1) is 0 Å². The molecule has 1 aliphatic carbocycles. The monoisotopic (exact) mass is 522 g/mol. The highest BCUT2D eigenvalue weighted by Gasteiger charge is 2.43. The fourth-order valence-electron chi connectivity index (χ4n) is 6.57. The molecule has 1 aromatic rings. The second-order valence-electron chi connectivity index (χ2n) is 11.6. The quantitative estimate of drug-likeness (QED) is 0.329. The number of likely N-dealkylation sites (tertiary alicyclic amines) is 1. The van der Waals surface area contributed by atoms with E-state index in [1.165, 1.54) is 37.8 Å². The van der Waals surface area contributed by atoms with Crippen LogP contribution in [0.5, 0.6) is 0 Å². The molecule has 2 N–H and O–H groups in total. The fraction of sp³-hybridized carbons (Fsp3) is 0.767. The Kier molecular flexibility index (Phi) is 11.8. The Bertz CT molecular complexity index is 846. The van der Waals surface area contributed by atoms with Crippen molar-refractivity contribution in [2.24, 2.45) is 23.7 Å². The van der Waals surface area contributed by atoms with E-state index in [1.54, 1.807) is 7.11 Å². The summed E-state index contributed by atoms with van der Waals surface area (Å²) in [5, 5.41) is 15.2. The van der Waals surface area contributed by atoms with E-state index in [-0.39, 0.29) is 23.3 Å². The molecular weight excluding hydrogens is 474 g/mol. The summed E-state index contributed by atoms with van der Waals surface area (Å²) in [4.78, 5) is 15.3. The fourth-order valence-corrected chi connectivity index (χ4v) is 6.57. The molecule has 2 fully saturated rings. The predicted octanol–water partition coefficient (Wildman–Crippen LogP) is 5.65. The first-order chi connectivity index (χ1) is 17.8. The number of nitrogens with zero attached hydrogens (tertiary/aromatic N) is 1. The summed E-state index contributed by atoms with van der Waals surface area (Å²) in [5.41, 5.74) is -1.54. The minimum absolute atomic E-state index is 0.00352. The molecule has 1 aromatic carbocycles. The van der Waals surface area contributed by atoms with Crippen molar-refractivity contribution in [1.29, 1.82) is 0 Å². The summed E-state index contributed by atoms with van der Waals surface area (Å²) in [5.74, 6) is -0.418. The molecule has 0 radical (unpaired) electrons. The SMILES string of the molecule is CNC[C@@H](CC(=O)N1CCC[C@@H]([C@@](O)(CCCCOC)c2cccc(F)c2F)C1)CC1CCC(C)CC1. The number of hydrogen-bond acceptors (Lipinski definition) is 4. The molecule has 3 rings (SSSR count). The van der Waals surface area contributed by atoms with E-state index in [9.17, 15) is 18.7 Å². The smallest absolute Gasteiger partial charge is 0.222 e. The number of benzene rings is 1. The first-order valence-corrected chi connectivity index (χ1v) is 14.4. The van der Waals surface area contributed by atoms with Crippen LogP contribution in [0, 0.1) is 35.3 Å². The van der Waals surface area contributed by atoms with E-state index < -0.39 is 17.2 Å². The van der Waals surface area contributed by atoms with Crippen molar-refractivity contribution in [3.8, 4) is 0 Å². The van der Waals surface area contributed by atoms with Crippen LogP contribution >= 0.6 is 0 Å². The number of unbranched alkanes of at least 4 members (excludes halogenated alkanes) is 1. The number of hydrogen-bond donors (Lipinski definition) is 2. The highest BCUT2D eigenvalue weighted by atomic mass is 19.2. The van der Waals surface area contributed by atoms with Crippen LogP contribution < -0.4 is 5.32 Å². The Hall–Kier alpha value is -1.57. The van der Waals surface area contributed by atoms with E-state index in [2.05, 4.69) is 12.2 Å². The van der Waals surface area contributed by atoms with Gasteiger partial charge in [0.15, 0.2) is 11.6 Å². The van der Waals surface area contributed by atoms with Gasteiger partial charge in [-0.1, -0.05) is 44.7 Å². The number of carbonyl (C=O) groups excluding carboxylic acids is 1. The van der Waals surface area contributed by atoms with Crippen molar-refractivity contribution in [2.45, 2.75) is 83.2 Å². The van der Waals surface area contributed by atoms with Crippen molar-refractivity contribution in [1.82, 2.24) is 10.2 Å². The van der Waals surface area contributed by atoms with Crippen LogP contribution in [0.25, 0.3) is 0 Å². The van der Waals surface area contributed by atoms with E-state index in [1.807, 2.05) is 11.9 Å². The second-order valence-corrected chi connectivity index (χ2v) is 11.6. The number of piperidine rings is 1. The van der Waals surface area contributed by atoms with Gasteiger partial charge < -0.3 is 20.1 Å². The highest BCUT2D eigenvalue weighted by molar-refractivity contribution is 5.76. The number of nitrogens with one attached hydrogen (secondary N) is 1. The van der Waals surface area contributed by atoms with Crippen LogP contribution in [-0.2, 0) is 15.1 Å². The third-order valence-electron chi connectivity index (χ3n) is 8.78. The number of carbonyl (C=O) groups is 1. The maximum Gasteiger partial charge on any atom is 0.222 e. The Morgan fingerprint density at radius 1 is 1.22 bits per heavy atom. The highest BCUT2D eigenvalue weighted by Crippen LogP contribution is 2.41. The maximum atomic E-state index is 14.9. The van der Waals surface area contributed by atoms with E-state index >= 15 is 0 Å². The van der Waals surface area contributed by atoms with Crippen LogP contribution in [0.1, 0.15) is 83.1 Å². The van der Waals surface area contributed by atoms with Crippen LogP contribution in [-0.4, -0.2) is 56.3 Å². The van der Waals surface area contributed by atoms with Crippen LogP contribution in [0.15, 0.2) is 18.2 Å². The van der Waals surface area contributed by atoms with Crippen molar-refractivity contribution in [3.05, 3.63) is 35.4 Å². The van der Waals surface area contributed by atoms with Crippen LogP contribution in [0.4, 0.5) is 8.78 Å². The summed E-state index contributed by atoms with van der Waals surface area (Å²) >= 11 is 0. The van der Waals surface area contributed by atoms with Gasteiger partial charge in [0.05, 0.1) is 5.60 Å². The Morgan fingerprint density at radius 2 is 1.97 bits per heavy atom. The summed E-state index contributed by atoms with van der Waals surface area (Å²) in [6.45, 7) is 4.69. The van der Waals surface area contributed by atoms with Gasteiger partial charge in [0.2, 0.25) is 5.91 Å². The minimum atomic E-state index is -1.54. The Labute approximate surface area is 222 Å². The molecule has 0 bridgehead atoms. The van der Waals surface area contributed by atoms with Gasteiger partial charge in [0, 0.05) is 44.7 Å². The van der Waals surface area contributed by atoms with Gasteiger partial charge >= 0.3 is 0 Å². The number of amides is 1.